The number of oxazole rings is 1. The van der Waals surface area contributed by atoms with Crippen LogP contribution in [0.25, 0.3) is 11.3 Å². The second-order valence-electron chi connectivity index (χ2n) is 4.09. The lowest BCUT2D eigenvalue weighted by Gasteiger charge is -2.02. The first-order chi connectivity index (χ1) is 8.26. The summed E-state index contributed by atoms with van der Waals surface area (Å²) in [6, 6.07) is 8.23. The van der Waals surface area contributed by atoms with Crippen molar-refractivity contribution >= 4 is 0 Å². The minimum absolute atomic E-state index is 0.566. The molecule has 0 unspecified atom stereocenters. The van der Waals surface area contributed by atoms with E-state index >= 15 is 0 Å². The molecule has 0 fully saturated rings. The van der Waals surface area contributed by atoms with Crippen molar-refractivity contribution in [3.63, 3.8) is 0 Å². The van der Waals surface area contributed by atoms with Gasteiger partial charge < -0.3 is 10.2 Å². The average Bonchev–Trinajstić information content (AvgIpc) is 2.73. The first-order valence-electron chi connectivity index (χ1n) is 6.01. The molecule has 3 heteroatoms. The summed E-state index contributed by atoms with van der Waals surface area (Å²) in [7, 11) is 0. The lowest BCUT2D eigenvalue weighted by atomic mass is 10.0. The maximum absolute atomic E-state index is 5.72. The van der Waals surface area contributed by atoms with E-state index in [1.807, 2.05) is 12.1 Å². The van der Waals surface area contributed by atoms with Gasteiger partial charge in [-0.05, 0) is 12.5 Å². The van der Waals surface area contributed by atoms with Gasteiger partial charge in [-0.2, -0.15) is 0 Å². The van der Waals surface area contributed by atoms with Crippen LogP contribution >= 0.6 is 0 Å². The molecule has 90 valence electrons. The predicted octanol–water partition coefficient (Wildman–Crippen LogP) is 2.71. The highest BCUT2D eigenvalue weighted by Gasteiger charge is 2.14. The van der Waals surface area contributed by atoms with Gasteiger partial charge >= 0.3 is 0 Å². The van der Waals surface area contributed by atoms with E-state index in [1.165, 1.54) is 5.56 Å². The summed E-state index contributed by atoms with van der Waals surface area (Å²) in [5.74, 6) is 1.69. The molecule has 2 rings (SSSR count). The van der Waals surface area contributed by atoms with Crippen molar-refractivity contribution < 1.29 is 4.42 Å². The Hall–Kier alpha value is -1.61. The standard InChI is InChI=1S/C14H18N2O/c1-3-12-14(16-13(17-12)8-9-15)11-7-5-4-6-10(11)2/h4-7H,3,8-9,15H2,1-2H3. The lowest BCUT2D eigenvalue weighted by Crippen LogP contribution is -2.02. The molecule has 0 saturated heterocycles. The monoisotopic (exact) mass is 230 g/mol. The molecule has 1 heterocycles. The zero-order valence-electron chi connectivity index (χ0n) is 10.4. The normalized spacial score (nSPS) is 10.8. The molecule has 0 spiro atoms. The second kappa shape index (κ2) is 5.15. The third kappa shape index (κ3) is 2.39. The number of nitrogens with two attached hydrogens (primary N) is 1. The summed E-state index contributed by atoms with van der Waals surface area (Å²) >= 11 is 0. The molecular weight excluding hydrogens is 212 g/mol. The van der Waals surface area contributed by atoms with Crippen molar-refractivity contribution in [3.8, 4) is 11.3 Å². The summed E-state index contributed by atoms with van der Waals surface area (Å²) in [5, 5.41) is 0. The van der Waals surface area contributed by atoms with Gasteiger partial charge in [-0.1, -0.05) is 31.2 Å². The molecule has 0 bridgehead atoms. The lowest BCUT2D eigenvalue weighted by molar-refractivity contribution is 0.460. The third-order valence-electron chi connectivity index (χ3n) is 2.82. The van der Waals surface area contributed by atoms with E-state index in [4.69, 9.17) is 10.2 Å². The number of nitrogens with zero attached hydrogens (tertiary/aromatic N) is 1. The Morgan fingerprint density at radius 3 is 2.71 bits per heavy atom. The van der Waals surface area contributed by atoms with Crippen molar-refractivity contribution in [2.45, 2.75) is 26.7 Å². The highest BCUT2D eigenvalue weighted by Crippen LogP contribution is 2.27. The quantitative estimate of drug-likeness (QED) is 0.878. The molecule has 2 aromatic rings. The van der Waals surface area contributed by atoms with Gasteiger partial charge in [-0.25, -0.2) is 4.98 Å². The Kier molecular flexibility index (Phi) is 3.59. The minimum Gasteiger partial charge on any atom is -0.445 e. The van der Waals surface area contributed by atoms with E-state index in [9.17, 15) is 0 Å². The Morgan fingerprint density at radius 1 is 1.29 bits per heavy atom. The Bertz CT molecular complexity index is 503. The third-order valence-corrected chi connectivity index (χ3v) is 2.82. The van der Waals surface area contributed by atoms with E-state index in [0.29, 0.717) is 13.0 Å². The molecule has 1 aromatic heterocycles. The molecule has 0 saturated carbocycles. The number of benzene rings is 1. The maximum Gasteiger partial charge on any atom is 0.196 e. The zero-order chi connectivity index (χ0) is 12.3. The summed E-state index contributed by atoms with van der Waals surface area (Å²) in [5.41, 5.74) is 8.86. The van der Waals surface area contributed by atoms with Crippen LogP contribution in [0.5, 0.6) is 0 Å². The zero-order valence-corrected chi connectivity index (χ0v) is 10.4. The van der Waals surface area contributed by atoms with E-state index < -0.39 is 0 Å². The fraction of sp³-hybridized carbons (Fsp3) is 0.357. The van der Waals surface area contributed by atoms with Crippen molar-refractivity contribution in [1.82, 2.24) is 4.98 Å². The Balaban J connectivity index is 2.47. The predicted molar refractivity (Wildman–Crippen MR) is 68.8 cm³/mol. The number of hydrogen-bond acceptors (Lipinski definition) is 3. The van der Waals surface area contributed by atoms with Crippen LogP contribution < -0.4 is 5.73 Å². The van der Waals surface area contributed by atoms with Gasteiger partial charge in [0.25, 0.3) is 0 Å². The molecule has 0 atom stereocenters. The van der Waals surface area contributed by atoms with E-state index in [0.717, 1.165) is 29.3 Å². The fourth-order valence-corrected chi connectivity index (χ4v) is 1.92. The smallest absolute Gasteiger partial charge is 0.196 e. The van der Waals surface area contributed by atoms with Crippen LogP contribution in [-0.4, -0.2) is 11.5 Å². The molecule has 1 aromatic carbocycles. The molecule has 17 heavy (non-hydrogen) atoms. The van der Waals surface area contributed by atoms with Gasteiger partial charge in [-0.15, -0.1) is 0 Å². The Labute approximate surface area is 102 Å². The topological polar surface area (TPSA) is 52.0 Å². The van der Waals surface area contributed by atoms with Crippen LogP contribution in [0.3, 0.4) is 0 Å². The summed E-state index contributed by atoms with van der Waals surface area (Å²) in [6.07, 6.45) is 1.54. The summed E-state index contributed by atoms with van der Waals surface area (Å²) in [6.45, 7) is 4.73. The molecule has 0 aliphatic rings. The molecule has 0 aliphatic heterocycles. The van der Waals surface area contributed by atoms with Crippen molar-refractivity contribution in [1.29, 1.82) is 0 Å². The number of aryl methyl sites for hydroxylation is 2. The van der Waals surface area contributed by atoms with Crippen LogP contribution in [0.2, 0.25) is 0 Å². The molecule has 0 amide bonds. The first-order valence-corrected chi connectivity index (χ1v) is 6.01. The Morgan fingerprint density at radius 2 is 2.06 bits per heavy atom. The molecule has 0 radical (unpaired) electrons. The summed E-state index contributed by atoms with van der Waals surface area (Å²) < 4.78 is 5.72. The van der Waals surface area contributed by atoms with Crippen molar-refractivity contribution in [2.75, 3.05) is 6.54 Å². The van der Waals surface area contributed by atoms with E-state index in [1.54, 1.807) is 0 Å². The van der Waals surface area contributed by atoms with Crippen LogP contribution in [-0.2, 0) is 12.8 Å². The number of rotatable bonds is 4. The van der Waals surface area contributed by atoms with Gasteiger partial charge in [0.05, 0.1) is 0 Å². The largest absolute Gasteiger partial charge is 0.445 e. The number of aromatic nitrogens is 1. The van der Waals surface area contributed by atoms with Gasteiger partial charge in [0.1, 0.15) is 11.5 Å². The van der Waals surface area contributed by atoms with Gasteiger partial charge in [0.15, 0.2) is 5.89 Å². The van der Waals surface area contributed by atoms with Gasteiger partial charge in [0.2, 0.25) is 0 Å². The molecular formula is C14H18N2O. The van der Waals surface area contributed by atoms with Gasteiger partial charge in [-0.3, -0.25) is 0 Å². The van der Waals surface area contributed by atoms with Crippen LogP contribution in [0.15, 0.2) is 28.7 Å². The average molecular weight is 230 g/mol. The molecule has 0 aliphatic carbocycles. The van der Waals surface area contributed by atoms with Crippen LogP contribution in [0.1, 0.15) is 24.1 Å². The first kappa shape index (κ1) is 11.9. The highest BCUT2D eigenvalue weighted by molar-refractivity contribution is 5.65. The van der Waals surface area contributed by atoms with Gasteiger partial charge in [0, 0.05) is 24.9 Å². The van der Waals surface area contributed by atoms with Crippen molar-refractivity contribution in [3.05, 3.63) is 41.5 Å². The number of hydrogen-bond donors (Lipinski definition) is 1. The van der Waals surface area contributed by atoms with E-state index in [2.05, 4.69) is 31.0 Å². The van der Waals surface area contributed by atoms with E-state index in [-0.39, 0.29) is 0 Å². The molecule has 2 N–H and O–H groups in total. The maximum atomic E-state index is 5.72. The summed E-state index contributed by atoms with van der Waals surface area (Å²) in [4.78, 5) is 4.56. The van der Waals surface area contributed by atoms with Crippen LogP contribution in [0.4, 0.5) is 0 Å². The molecule has 3 nitrogen and oxygen atoms in total. The SMILES string of the molecule is CCc1oc(CCN)nc1-c1ccccc1C. The minimum atomic E-state index is 0.566. The fourth-order valence-electron chi connectivity index (χ4n) is 1.92. The van der Waals surface area contributed by atoms with Crippen LogP contribution in [0, 0.1) is 6.92 Å². The highest BCUT2D eigenvalue weighted by atomic mass is 16.4. The second-order valence-corrected chi connectivity index (χ2v) is 4.09. The van der Waals surface area contributed by atoms with Crippen molar-refractivity contribution in [2.24, 2.45) is 5.73 Å².